The monoisotopic (exact) mass is 482 g/mol. The SMILES string of the molecule is O=C1CCCC(=O)O1.O=C1OC(=O)c2c(F)c(F)c(F)c(F)c21.O=C1OC(=O)c2ccccc21. The Morgan fingerprint density at radius 3 is 1.26 bits per heavy atom. The Bertz CT molecular complexity index is 1180. The Labute approximate surface area is 186 Å². The maximum Gasteiger partial charge on any atom is 0.350 e. The summed E-state index contributed by atoms with van der Waals surface area (Å²) in [6.07, 6.45) is 1.44. The van der Waals surface area contributed by atoms with Crippen LogP contribution in [0.3, 0.4) is 0 Å². The first-order chi connectivity index (χ1) is 16.0. The van der Waals surface area contributed by atoms with E-state index in [1.807, 2.05) is 0 Å². The van der Waals surface area contributed by atoms with Crippen LogP contribution in [0.1, 0.15) is 60.7 Å². The minimum atomic E-state index is -2.15. The Morgan fingerprint density at radius 1 is 0.529 bits per heavy atom. The molecule has 1 saturated heterocycles. The van der Waals surface area contributed by atoms with Gasteiger partial charge in [0.1, 0.15) is 11.1 Å². The lowest BCUT2D eigenvalue weighted by Gasteiger charge is -2.06. The molecule has 2 aromatic carbocycles. The molecule has 0 radical (unpaired) electrons. The molecule has 0 aliphatic carbocycles. The molecule has 1 fully saturated rings. The molecule has 3 aliphatic heterocycles. The van der Waals surface area contributed by atoms with Crippen LogP contribution in [-0.4, -0.2) is 35.8 Å². The highest BCUT2D eigenvalue weighted by Crippen LogP contribution is 2.29. The summed E-state index contributed by atoms with van der Waals surface area (Å²) in [6.45, 7) is 0. The summed E-state index contributed by atoms with van der Waals surface area (Å²) in [7, 11) is 0. The number of hydrogen-bond acceptors (Lipinski definition) is 9. The van der Waals surface area contributed by atoms with Crippen molar-refractivity contribution < 1.29 is 60.5 Å². The highest BCUT2D eigenvalue weighted by molar-refractivity contribution is 6.15. The van der Waals surface area contributed by atoms with Crippen molar-refractivity contribution in [2.24, 2.45) is 0 Å². The van der Waals surface area contributed by atoms with Gasteiger partial charge in [0, 0.05) is 12.8 Å². The molecule has 176 valence electrons. The van der Waals surface area contributed by atoms with E-state index in [9.17, 15) is 46.3 Å². The molecule has 9 nitrogen and oxygen atoms in total. The first-order valence-corrected chi connectivity index (χ1v) is 9.24. The van der Waals surface area contributed by atoms with Crippen molar-refractivity contribution in [3.8, 4) is 0 Å². The summed E-state index contributed by atoms with van der Waals surface area (Å²) >= 11 is 0. The zero-order valence-corrected chi connectivity index (χ0v) is 16.6. The van der Waals surface area contributed by atoms with Crippen LogP contribution in [0.2, 0.25) is 0 Å². The maximum absolute atomic E-state index is 12.9. The molecule has 5 rings (SSSR count). The molecule has 13 heteroatoms. The highest BCUT2D eigenvalue weighted by Gasteiger charge is 2.40. The normalized spacial score (nSPS) is 15.8. The summed E-state index contributed by atoms with van der Waals surface area (Å²) in [5.41, 5.74) is -1.71. The summed E-state index contributed by atoms with van der Waals surface area (Å²) in [4.78, 5) is 63.7. The van der Waals surface area contributed by atoms with Gasteiger partial charge < -0.3 is 14.2 Å². The molecule has 0 atom stereocenters. The molecule has 0 bridgehead atoms. The van der Waals surface area contributed by atoms with Gasteiger partial charge in [-0.3, -0.25) is 9.59 Å². The number of esters is 6. The molecule has 3 heterocycles. The Balaban J connectivity index is 0.000000150. The quantitative estimate of drug-likeness (QED) is 0.139. The topological polar surface area (TPSA) is 130 Å². The van der Waals surface area contributed by atoms with Gasteiger partial charge in [-0.25, -0.2) is 36.7 Å². The number of carbonyl (C=O) groups is 6. The third-order valence-corrected chi connectivity index (χ3v) is 4.40. The Kier molecular flexibility index (Phi) is 6.84. The molecule has 0 amide bonds. The fraction of sp³-hybridized carbons (Fsp3) is 0.143. The standard InChI is InChI=1S/C8F4O3.C8H4O3.C5H6O3/c9-3-1-2(8(14)15-7(1)13)4(10)6(12)5(3)11;9-7-5-3-1-2-4-6(5)8(10)11-7;6-4-2-1-3-5(7)8-4/h;1-4H;1-3H2. The van der Waals surface area contributed by atoms with E-state index in [4.69, 9.17) is 0 Å². The average Bonchev–Trinajstić information content (AvgIpc) is 3.26. The van der Waals surface area contributed by atoms with E-state index in [1.54, 1.807) is 24.3 Å². The van der Waals surface area contributed by atoms with Crippen molar-refractivity contribution in [2.45, 2.75) is 19.3 Å². The second-order valence-corrected chi connectivity index (χ2v) is 6.61. The fourth-order valence-corrected chi connectivity index (χ4v) is 2.84. The van der Waals surface area contributed by atoms with Crippen LogP contribution in [0.15, 0.2) is 24.3 Å². The van der Waals surface area contributed by atoms with Crippen molar-refractivity contribution in [1.82, 2.24) is 0 Å². The Hall–Kier alpha value is -4.42. The number of rotatable bonds is 0. The molecular formula is C21H10F4O9. The first-order valence-electron chi connectivity index (χ1n) is 9.24. The van der Waals surface area contributed by atoms with Crippen molar-refractivity contribution in [2.75, 3.05) is 0 Å². The van der Waals surface area contributed by atoms with Crippen molar-refractivity contribution in [3.05, 3.63) is 69.8 Å². The predicted molar refractivity (Wildman–Crippen MR) is 97.2 cm³/mol. The van der Waals surface area contributed by atoms with Gasteiger partial charge in [-0.15, -0.1) is 0 Å². The van der Waals surface area contributed by atoms with E-state index in [1.165, 1.54) is 0 Å². The molecule has 0 N–H and O–H groups in total. The van der Waals surface area contributed by atoms with E-state index >= 15 is 0 Å². The second kappa shape index (κ2) is 9.60. The third kappa shape index (κ3) is 4.67. The van der Waals surface area contributed by atoms with Crippen LogP contribution < -0.4 is 0 Å². The predicted octanol–water partition coefficient (Wildman–Crippen LogP) is 2.79. The highest BCUT2D eigenvalue weighted by atomic mass is 19.2. The molecule has 34 heavy (non-hydrogen) atoms. The van der Waals surface area contributed by atoms with Crippen LogP contribution in [0.25, 0.3) is 0 Å². The smallest absolute Gasteiger partial charge is 0.350 e. The van der Waals surface area contributed by atoms with Gasteiger partial charge in [-0.05, 0) is 18.6 Å². The molecule has 0 spiro atoms. The van der Waals surface area contributed by atoms with Crippen molar-refractivity contribution in [3.63, 3.8) is 0 Å². The summed E-state index contributed by atoms with van der Waals surface area (Å²) in [5.74, 6) is -13.1. The van der Waals surface area contributed by atoms with E-state index in [-0.39, 0.29) is 11.9 Å². The lowest BCUT2D eigenvalue weighted by atomic mass is 10.1. The maximum atomic E-state index is 12.9. The molecular weight excluding hydrogens is 472 g/mol. The van der Waals surface area contributed by atoms with Gasteiger partial charge in [0.25, 0.3) is 0 Å². The third-order valence-electron chi connectivity index (χ3n) is 4.40. The number of ether oxygens (including phenoxy) is 3. The molecule has 3 aliphatic rings. The van der Waals surface area contributed by atoms with Crippen molar-refractivity contribution >= 4 is 35.8 Å². The minimum Gasteiger partial charge on any atom is -0.393 e. The number of hydrogen-bond donors (Lipinski definition) is 0. The van der Waals surface area contributed by atoms with Gasteiger partial charge in [-0.2, -0.15) is 0 Å². The van der Waals surface area contributed by atoms with Crippen LogP contribution >= 0.6 is 0 Å². The Morgan fingerprint density at radius 2 is 0.912 bits per heavy atom. The van der Waals surface area contributed by atoms with Gasteiger partial charge in [0.05, 0.1) is 11.1 Å². The van der Waals surface area contributed by atoms with Crippen LogP contribution in [0.4, 0.5) is 17.6 Å². The number of halogens is 4. The largest absolute Gasteiger partial charge is 0.393 e. The molecule has 0 saturated carbocycles. The van der Waals surface area contributed by atoms with Crippen molar-refractivity contribution in [1.29, 1.82) is 0 Å². The van der Waals surface area contributed by atoms with Crippen LogP contribution in [0.5, 0.6) is 0 Å². The summed E-state index contributed by atoms with van der Waals surface area (Å²) in [5, 5.41) is 0. The number of cyclic esters (lactones) is 6. The van der Waals surface area contributed by atoms with Gasteiger partial charge in [-0.1, -0.05) is 12.1 Å². The van der Waals surface area contributed by atoms with E-state index in [0.717, 1.165) is 0 Å². The number of benzene rings is 2. The van der Waals surface area contributed by atoms with Gasteiger partial charge in [0.2, 0.25) is 0 Å². The van der Waals surface area contributed by atoms with Gasteiger partial charge >= 0.3 is 35.8 Å². The summed E-state index contributed by atoms with van der Waals surface area (Å²) in [6, 6.07) is 6.53. The van der Waals surface area contributed by atoms with Crippen LogP contribution in [-0.2, 0) is 23.8 Å². The summed E-state index contributed by atoms with van der Waals surface area (Å²) < 4.78 is 63.5. The molecule has 2 aromatic rings. The fourth-order valence-electron chi connectivity index (χ4n) is 2.84. The van der Waals surface area contributed by atoms with E-state index in [0.29, 0.717) is 30.4 Å². The average molecular weight is 482 g/mol. The van der Waals surface area contributed by atoms with E-state index < -0.39 is 58.3 Å². The van der Waals surface area contributed by atoms with Gasteiger partial charge in [0.15, 0.2) is 23.3 Å². The second-order valence-electron chi connectivity index (χ2n) is 6.61. The lowest BCUT2D eigenvalue weighted by Crippen LogP contribution is -2.17. The number of carbonyl (C=O) groups excluding carboxylic acids is 6. The minimum absolute atomic E-state index is 0.359. The zero-order valence-electron chi connectivity index (χ0n) is 16.6. The number of fused-ring (bicyclic) bond motifs is 2. The van der Waals surface area contributed by atoms with Crippen LogP contribution in [0, 0.1) is 23.3 Å². The lowest BCUT2D eigenvalue weighted by molar-refractivity contribution is -0.163. The zero-order chi connectivity index (χ0) is 25.2. The van der Waals surface area contributed by atoms with E-state index in [2.05, 4.69) is 14.2 Å². The molecule has 0 aromatic heterocycles. The molecule has 0 unspecified atom stereocenters. The first kappa shape index (κ1) is 24.2.